The molecule has 4 aromatic rings. The summed E-state index contributed by atoms with van der Waals surface area (Å²) in [6.45, 7) is 10.4. The predicted octanol–water partition coefficient (Wildman–Crippen LogP) is 3.85. The van der Waals surface area contributed by atoms with Crippen LogP contribution in [-0.2, 0) is 17.8 Å². The van der Waals surface area contributed by atoms with Crippen LogP contribution in [0.15, 0.2) is 36.5 Å². The van der Waals surface area contributed by atoms with Gasteiger partial charge in [0.1, 0.15) is 5.82 Å². The van der Waals surface area contributed by atoms with E-state index in [2.05, 4.69) is 57.8 Å². The summed E-state index contributed by atoms with van der Waals surface area (Å²) in [6.07, 6.45) is 2.66. The Morgan fingerprint density at radius 2 is 1.92 bits per heavy atom. The number of benzene rings is 2. The summed E-state index contributed by atoms with van der Waals surface area (Å²) < 4.78 is 0. The van der Waals surface area contributed by atoms with Crippen LogP contribution in [0.25, 0.3) is 22.3 Å². The van der Waals surface area contributed by atoms with Crippen molar-refractivity contribution in [3.63, 3.8) is 0 Å². The number of fused-ring (bicyclic) bond motifs is 2. The number of aromatic amines is 1. The standard InChI is InChI=1S/C29H33ClN8O/c1-17-4-6-20(30)12-25(17)37-9-8-23-22(15-37)29(38-11-10-36(16-26(31)39)19(3)14-38)34-28(33-23)27-18(2)5-7-24-21(27)13-32-35-24/h4-7,12-13,19H,8-11,14-16H2,1-3H3,(H2,31,39)(H,32,35). The lowest BCUT2D eigenvalue weighted by Crippen LogP contribution is -2.54. The predicted molar refractivity (Wildman–Crippen MR) is 155 cm³/mol. The highest BCUT2D eigenvalue weighted by Gasteiger charge is 2.31. The Labute approximate surface area is 233 Å². The molecule has 6 rings (SSSR count). The van der Waals surface area contributed by atoms with Crippen molar-refractivity contribution in [2.45, 2.75) is 39.8 Å². The molecule has 1 saturated heterocycles. The number of nitrogens with two attached hydrogens (primary N) is 1. The van der Waals surface area contributed by atoms with Crippen molar-refractivity contribution in [1.29, 1.82) is 0 Å². The van der Waals surface area contributed by atoms with Crippen LogP contribution < -0.4 is 15.5 Å². The molecule has 1 fully saturated rings. The smallest absolute Gasteiger partial charge is 0.231 e. The Morgan fingerprint density at radius 1 is 1.10 bits per heavy atom. The zero-order valence-electron chi connectivity index (χ0n) is 22.5. The molecule has 1 unspecified atom stereocenters. The third kappa shape index (κ3) is 4.81. The molecule has 4 heterocycles. The molecule has 1 atom stereocenters. The van der Waals surface area contributed by atoms with Gasteiger partial charge in [0.2, 0.25) is 5.91 Å². The molecule has 3 N–H and O–H groups in total. The Bertz CT molecular complexity index is 1570. The Hall–Kier alpha value is -3.69. The molecule has 0 radical (unpaired) electrons. The maximum Gasteiger partial charge on any atom is 0.231 e. The summed E-state index contributed by atoms with van der Waals surface area (Å²) in [7, 11) is 0. The minimum absolute atomic E-state index is 0.161. The summed E-state index contributed by atoms with van der Waals surface area (Å²) in [5, 5.41) is 9.11. The van der Waals surface area contributed by atoms with E-state index < -0.39 is 0 Å². The molecule has 0 spiro atoms. The first-order chi connectivity index (χ1) is 18.8. The number of hydrogen-bond donors (Lipinski definition) is 2. The first-order valence-corrected chi connectivity index (χ1v) is 13.8. The van der Waals surface area contributed by atoms with Gasteiger partial charge < -0.3 is 15.5 Å². The van der Waals surface area contributed by atoms with Gasteiger partial charge in [0.15, 0.2) is 5.82 Å². The van der Waals surface area contributed by atoms with Gasteiger partial charge in [0.05, 0.1) is 24.0 Å². The largest absolute Gasteiger partial charge is 0.369 e. The van der Waals surface area contributed by atoms with Crippen molar-refractivity contribution in [1.82, 2.24) is 25.1 Å². The first kappa shape index (κ1) is 25.6. The van der Waals surface area contributed by atoms with Crippen molar-refractivity contribution in [2.75, 3.05) is 42.5 Å². The molecule has 0 aliphatic carbocycles. The number of piperazine rings is 1. The van der Waals surface area contributed by atoms with Crippen LogP contribution in [0.5, 0.6) is 0 Å². The number of amides is 1. The highest BCUT2D eigenvalue weighted by Crippen LogP contribution is 2.36. The Kier molecular flexibility index (Phi) is 6.64. The SMILES string of the molecule is Cc1ccc(Cl)cc1N1CCc2nc(-c3c(C)ccc4[nH]ncc34)nc(N3CCN(CC(N)=O)C(C)C3)c2C1. The van der Waals surface area contributed by atoms with Crippen LogP contribution in [0.3, 0.4) is 0 Å². The fourth-order valence-electron chi connectivity index (χ4n) is 5.94. The Balaban J connectivity index is 1.45. The zero-order chi connectivity index (χ0) is 27.3. The minimum Gasteiger partial charge on any atom is -0.369 e. The summed E-state index contributed by atoms with van der Waals surface area (Å²) >= 11 is 6.39. The third-order valence-electron chi connectivity index (χ3n) is 8.03. The van der Waals surface area contributed by atoms with E-state index in [9.17, 15) is 4.79 Å². The van der Waals surface area contributed by atoms with Crippen LogP contribution >= 0.6 is 11.6 Å². The molecular weight excluding hydrogens is 512 g/mol. The molecule has 2 aliphatic rings. The number of carbonyl (C=O) groups excluding carboxylic acids is 1. The lowest BCUT2D eigenvalue weighted by Gasteiger charge is -2.41. The molecule has 1 amide bonds. The number of hydrogen-bond acceptors (Lipinski definition) is 7. The quantitative estimate of drug-likeness (QED) is 0.393. The number of carbonyl (C=O) groups is 1. The number of anilines is 2. The second-order valence-corrected chi connectivity index (χ2v) is 11.2. The van der Waals surface area contributed by atoms with E-state index in [-0.39, 0.29) is 18.5 Å². The molecule has 2 aromatic heterocycles. The van der Waals surface area contributed by atoms with Crippen molar-refractivity contribution in [3.05, 3.63) is 63.9 Å². The number of aromatic nitrogens is 4. The van der Waals surface area contributed by atoms with Gasteiger partial charge in [-0.05, 0) is 50.1 Å². The van der Waals surface area contributed by atoms with Crippen LogP contribution in [0, 0.1) is 13.8 Å². The summed E-state index contributed by atoms with van der Waals surface area (Å²) in [4.78, 5) is 28.9. The van der Waals surface area contributed by atoms with Crippen LogP contribution in [0.1, 0.15) is 29.3 Å². The first-order valence-electron chi connectivity index (χ1n) is 13.4. The fraction of sp³-hybridized carbons (Fsp3) is 0.379. The van der Waals surface area contributed by atoms with E-state index in [0.29, 0.717) is 6.54 Å². The molecule has 0 saturated carbocycles. The van der Waals surface area contributed by atoms with Crippen molar-refractivity contribution >= 4 is 39.9 Å². The lowest BCUT2D eigenvalue weighted by molar-refractivity contribution is -0.119. The van der Waals surface area contributed by atoms with Crippen LogP contribution in [-0.4, -0.2) is 69.7 Å². The van der Waals surface area contributed by atoms with Gasteiger partial charge in [-0.25, -0.2) is 9.97 Å². The number of aryl methyl sites for hydroxylation is 2. The maximum absolute atomic E-state index is 11.6. The van der Waals surface area contributed by atoms with E-state index in [1.54, 1.807) is 0 Å². The van der Waals surface area contributed by atoms with E-state index in [1.807, 2.05) is 24.4 Å². The van der Waals surface area contributed by atoms with Crippen molar-refractivity contribution < 1.29 is 4.79 Å². The molecule has 202 valence electrons. The second-order valence-electron chi connectivity index (χ2n) is 10.7. The third-order valence-corrected chi connectivity index (χ3v) is 8.27. The minimum atomic E-state index is -0.298. The molecule has 2 aliphatic heterocycles. The molecule has 39 heavy (non-hydrogen) atoms. The topological polar surface area (TPSA) is 107 Å². The van der Waals surface area contributed by atoms with E-state index in [0.717, 1.165) is 88.2 Å². The average molecular weight is 545 g/mol. The van der Waals surface area contributed by atoms with Crippen molar-refractivity contribution in [2.24, 2.45) is 5.73 Å². The van der Waals surface area contributed by atoms with Crippen LogP contribution in [0.2, 0.25) is 5.02 Å². The van der Waals surface area contributed by atoms with Gasteiger partial charge in [0.25, 0.3) is 0 Å². The number of nitrogens with zero attached hydrogens (tertiary/aromatic N) is 6. The highest BCUT2D eigenvalue weighted by atomic mass is 35.5. The zero-order valence-corrected chi connectivity index (χ0v) is 23.3. The molecule has 2 aromatic carbocycles. The van der Waals surface area contributed by atoms with Crippen molar-refractivity contribution in [3.8, 4) is 11.4 Å². The lowest BCUT2D eigenvalue weighted by atomic mass is 10.00. The van der Waals surface area contributed by atoms with E-state index >= 15 is 0 Å². The molecule has 0 bridgehead atoms. The molecular formula is C29H33ClN8O. The summed E-state index contributed by atoms with van der Waals surface area (Å²) in [5.41, 5.74) is 13.2. The van der Waals surface area contributed by atoms with E-state index in [4.69, 9.17) is 27.3 Å². The van der Waals surface area contributed by atoms with Gasteiger partial charge in [-0.1, -0.05) is 23.7 Å². The number of primary amides is 1. The van der Waals surface area contributed by atoms with Gasteiger partial charge in [0, 0.05) is 72.4 Å². The normalized spacial score (nSPS) is 18.0. The average Bonchev–Trinajstić information content (AvgIpc) is 3.39. The second kappa shape index (κ2) is 10.1. The molecule has 10 heteroatoms. The fourth-order valence-corrected chi connectivity index (χ4v) is 6.11. The molecule has 9 nitrogen and oxygen atoms in total. The Morgan fingerprint density at radius 3 is 2.72 bits per heavy atom. The number of nitrogens with one attached hydrogen (secondary N) is 1. The summed E-state index contributed by atoms with van der Waals surface area (Å²) in [6, 6.07) is 10.4. The number of halogens is 1. The number of H-pyrrole nitrogens is 1. The van der Waals surface area contributed by atoms with Gasteiger partial charge in [-0.2, -0.15) is 5.10 Å². The highest BCUT2D eigenvalue weighted by molar-refractivity contribution is 6.30. The van der Waals surface area contributed by atoms with Gasteiger partial charge in [-0.15, -0.1) is 0 Å². The monoisotopic (exact) mass is 544 g/mol. The summed E-state index contributed by atoms with van der Waals surface area (Å²) in [5.74, 6) is 1.39. The maximum atomic E-state index is 11.6. The van der Waals surface area contributed by atoms with Crippen LogP contribution in [0.4, 0.5) is 11.5 Å². The van der Waals surface area contributed by atoms with E-state index in [1.165, 1.54) is 5.56 Å². The van der Waals surface area contributed by atoms with Gasteiger partial charge in [-0.3, -0.25) is 14.8 Å². The number of rotatable bonds is 5. The van der Waals surface area contributed by atoms with Gasteiger partial charge >= 0.3 is 0 Å².